The molecule has 0 saturated carbocycles. The van der Waals surface area contributed by atoms with Crippen LogP contribution < -0.4 is 10.6 Å². The number of thiazole rings is 1. The molecule has 1 aromatic carbocycles. The number of benzene rings is 1. The second kappa shape index (κ2) is 5.46. The molecule has 108 valence electrons. The highest BCUT2D eigenvalue weighted by Crippen LogP contribution is 2.30. The summed E-state index contributed by atoms with van der Waals surface area (Å²) in [5, 5.41) is 14.7. The van der Waals surface area contributed by atoms with E-state index in [0.29, 0.717) is 0 Å². The molecule has 3 heterocycles. The van der Waals surface area contributed by atoms with Crippen molar-refractivity contribution in [1.82, 2.24) is 20.5 Å². The number of H-pyrrole nitrogens is 1. The fourth-order valence-electron chi connectivity index (χ4n) is 2.71. The molecule has 5 nitrogen and oxygen atoms in total. The third-order valence-electron chi connectivity index (χ3n) is 3.92. The zero-order valence-corrected chi connectivity index (χ0v) is 12.4. The molecule has 1 saturated heterocycles. The highest BCUT2D eigenvalue weighted by Gasteiger charge is 2.14. The molecule has 0 radical (unpaired) electrons. The van der Waals surface area contributed by atoms with Crippen molar-refractivity contribution in [1.29, 1.82) is 0 Å². The zero-order valence-electron chi connectivity index (χ0n) is 11.6. The number of aromatic nitrogens is 3. The van der Waals surface area contributed by atoms with Crippen molar-refractivity contribution < 1.29 is 0 Å². The molecule has 0 amide bonds. The van der Waals surface area contributed by atoms with Gasteiger partial charge in [-0.15, -0.1) is 0 Å². The number of hydrogen-bond acceptors (Lipinski definition) is 5. The molecule has 6 heteroatoms. The second-order valence-corrected chi connectivity index (χ2v) is 6.46. The van der Waals surface area contributed by atoms with Crippen LogP contribution in [0.5, 0.6) is 0 Å². The maximum Gasteiger partial charge on any atom is 0.183 e. The third-order valence-corrected chi connectivity index (χ3v) is 4.90. The van der Waals surface area contributed by atoms with Gasteiger partial charge in [0.1, 0.15) is 0 Å². The van der Waals surface area contributed by atoms with Gasteiger partial charge in [0.15, 0.2) is 5.13 Å². The summed E-state index contributed by atoms with van der Waals surface area (Å²) in [4.78, 5) is 4.66. The van der Waals surface area contributed by atoms with Crippen LogP contribution in [0, 0.1) is 5.92 Å². The molecule has 3 N–H and O–H groups in total. The smallest absolute Gasteiger partial charge is 0.183 e. The van der Waals surface area contributed by atoms with Gasteiger partial charge in [-0.3, -0.25) is 5.10 Å². The lowest BCUT2D eigenvalue weighted by Gasteiger charge is -2.07. The van der Waals surface area contributed by atoms with Gasteiger partial charge in [-0.25, -0.2) is 4.98 Å². The fourth-order valence-corrected chi connectivity index (χ4v) is 3.62. The van der Waals surface area contributed by atoms with Gasteiger partial charge in [-0.1, -0.05) is 17.4 Å². The number of anilines is 1. The molecule has 2 aromatic heterocycles. The summed E-state index contributed by atoms with van der Waals surface area (Å²) in [6.07, 6.45) is 5.01. The molecular formula is C15H17N5S. The summed E-state index contributed by atoms with van der Waals surface area (Å²) in [5.41, 5.74) is 3.34. The Morgan fingerprint density at radius 3 is 3.14 bits per heavy atom. The van der Waals surface area contributed by atoms with Crippen LogP contribution in [0.15, 0.2) is 30.6 Å². The number of fused-ring (bicyclic) bond motifs is 1. The van der Waals surface area contributed by atoms with Gasteiger partial charge in [-0.05, 0) is 43.1 Å². The van der Waals surface area contributed by atoms with Crippen molar-refractivity contribution in [2.75, 3.05) is 25.0 Å². The lowest BCUT2D eigenvalue weighted by atomic mass is 10.1. The number of nitrogens with one attached hydrogen (secondary N) is 3. The highest BCUT2D eigenvalue weighted by atomic mass is 32.1. The van der Waals surface area contributed by atoms with E-state index in [0.717, 1.165) is 41.8 Å². The largest absolute Gasteiger partial charge is 0.361 e. The first-order valence-corrected chi connectivity index (χ1v) is 8.04. The molecule has 1 unspecified atom stereocenters. The van der Waals surface area contributed by atoms with E-state index in [4.69, 9.17) is 0 Å². The highest BCUT2D eigenvalue weighted by molar-refractivity contribution is 7.22. The predicted octanol–water partition coefficient (Wildman–Crippen LogP) is 2.71. The standard InChI is InChI=1S/C15H17N5S/c1-2-13-14(5-11(1)12-8-18-19-9-12)21-15(20-13)17-7-10-3-4-16-6-10/h1-2,5,8-10,16H,3-4,6-7H2,(H,17,20)(H,18,19). The van der Waals surface area contributed by atoms with E-state index in [1.54, 1.807) is 11.3 Å². The van der Waals surface area contributed by atoms with Crippen LogP contribution in [-0.2, 0) is 0 Å². The number of hydrogen-bond donors (Lipinski definition) is 3. The minimum atomic E-state index is 0.721. The van der Waals surface area contributed by atoms with E-state index in [1.807, 2.05) is 12.4 Å². The first-order chi connectivity index (χ1) is 10.4. The number of aromatic amines is 1. The van der Waals surface area contributed by atoms with Gasteiger partial charge in [0.2, 0.25) is 0 Å². The third kappa shape index (κ3) is 2.64. The molecule has 4 rings (SSSR count). The Labute approximate surface area is 126 Å². The first kappa shape index (κ1) is 12.8. The van der Waals surface area contributed by atoms with Crippen molar-refractivity contribution >= 4 is 26.7 Å². The molecule has 1 atom stereocenters. The summed E-state index contributed by atoms with van der Waals surface area (Å²) in [6, 6.07) is 6.36. The van der Waals surface area contributed by atoms with Crippen LogP contribution in [0.3, 0.4) is 0 Å². The van der Waals surface area contributed by atoms with Crippen molar-refractivity contribution in [3.05, 3.63) is 30.6 Å². The summed E-state index contributed by atoms with van der Waals surface area (Å²) < 4.78 is 1.21. The number of nitrogens with zero attached hydrogens (tertiary/aromatic N) is 2. The van der Waals surface area contributed by atoms with Gasteiger partial charge in [0.25, 0.3) is 0 Å². The number of rotatable bonds is 4. The van der Waals surface area contributed by atoms with Gasteiger partial charge < -0.3 is 10.6 Å². The van der Waals surface area contributed by atoms with Gasteiger partial charge >= 0.3 is 0 Å². The summed E-state index contributed by atoms with van der Waals surface area (Å²) in [7, 11) is 0. The monoisotopic (exact) mass is 299 g/mol. The molecule has 0 aliphatic carbocycles. The van der Waals surface area contributed by atoms with Crippen molar-refractivity contribution in [2.45, 2.75) is 6.42 Å². The molecule has 21 heavy (non-hydrogen) atoms. The Balaban J connectivity index is 1.55. The van der Waals surface area contributed by atoms with Crippen LogP contribution in [-0.4, -0.2) is 34.8 Å². The minimum absolute atomic E-state index is 0.721. The van der Waals surface area contributed by atoms with Crippen LogP contribution >= 0.6 is 11.3 Å². The van der Waals surface area contributed by atoms with E-state index in [9.17, 15) is 0 Å². The molecule has 3 aromatic rings. The van der Waals surface area contributed by atoms with E-state index < -0.39 is 0 Å². The minimum Gasteiger partial charge on any atom is -0.361 e. The molecule has 0 spiro atoms. The van der Waals surface area contributed by atoms with Gasteiger partial charge in [0, 0.05) is 18.3 Å². The van der Waals surface area contributed by atoms with Crippen molar-refractivity contribution in [2.24, 2.45) is 5.92 Å². The van der Waals surface area contributed by atoms with E-state index in [2.05, 4.69) is 44.0 Å². The van der Waals surface area contributed by atoms with E-state index >= 15 is 0 Å². The average molecular weight is 299 g/mol. The van der Waals surface area contributed by atoms with Gasteiger partial charge in [0.05, 0.1) is 16.4 Å². The molecule has 1 aliphatic rings. The molecule has 1 aliphatic heterocycles. The van der Waals surface area contributed by atoms with Crippen LogP contribution in [0.25, 0.3) is 21.3 Å². The normalized spacial score (nSPS) is 18.4. The maximum atomic E-state index is 4.66. The Bertz CT molecular complexity index is 728. The van der Waals surface area contributed by atoms with Crippen LogP contribution in [0.1, 0.15) is 6.42 Å². The zero-order chi connectivity index (χ0) is 14.1. The molecule has 1 fully saturated rings. The molecule has 0 bridgehead atoms. The second-order valence-electron chi connectivity index (χ2n) is 5.43. The maximum absolute atomic E-state index is 4.66. The predicted molar refractivity (Wildman–Crippen MR) is 86.7 cm³/mol. The Morgan fingerprint density at radius 2 is 2.33 bits per heavy atom. The van der Waals surface area contributed by atoms with Gasteiger partial charge in [-0.2, -0.15) is 5.10 Å². The van der Waals surface area contributed by atoms with Crippen molar-refractivity contribution in [3.8, 4) is 11.1 Å². The Kier molecular flexibility index (Phi) is 3.33. The summed E-state index contributed by atoms with van der Waals surface area (Å²) in [6.45, 7) is 3.25. The SMILES string of the molecule is c1cc2nc(NCC3CCNC3)sc2cc1-c1cn[nH]c1. The lowest BCUT2D eigenvalue weighted by molar-refractivity contribution is 0.615. The van der Waals surface area contributed by atoms with Crippen LogP contribution in [0.2, 0.25) is 0 Å². The summed E-state index contributed by atoms with van der Waals surface area (Å²) >= 11 is 1.72. The quantitative estimate of drug-likeness (QED) is 0.693. The van der Waals surface area contributed by atoms with E-state index in [1.165, 1.54) is 16.7 Å². The summed E-state index contributed by atoms with van der Waals surface area (Å²) in [5.74, 6) is 0.721. The fraction of sp³-hybridized carbons (Fsp3) is 0.333. The van der Waals surface area contributed by atoms with Crippen LogP contribution in [0.4, 0.5) is 5.13 Å². The van der Waals surface area contributed by atoms with Crippen molar-refractivity contribution in [3.63, 3.8) is 0 Å². The average Bonchev–Trinajstić information content (AvgIpc) is 3.24. The molecular weight excluding hydrogens is 282 g/mol. The Morgan fingerprint density at radius 1 is 1.33 bits per heavy atom. The topological polar surface area (TPSA) is 65.6 Å². The first-order valence-electron chi connectivity index (χ1n) is 7.23. The van der Waals surface area contributed by atoms with E-state index in [-0.39, 0.29) is 0 Å². The lowest BCUT2D eigenvalue weighted by Crippen LogP contribution is -2.16. The Hall–Kier alpha value is -1.92.